The van der Waals surface area contributed by atoms with Crippen LogP contribution < -0.4 is 30.6 Å². The van der Waals surface area contributed by atoms with Crippen molar-refractivity contribution in [3.63, 3.8) is 0 Å². The van der Waals surface area contributed by atoms with Crippen molar-refractivity contribution in [3.8, 4) is 22.6 Å². The van der Waals surface area contributed by atoms with Gasteiger partial charge in [-0.1, -0.05) is 18.2 Å². The van der Waals surface area contributed by atoms with Crippen LogP contribution in [0, 0.1) is 11.8 Å². The summed E-state index contributed by atoms with van der Waals surface area (Å²) >= 11 is 0. The van der Waals surface area contributed by atoms with Gasteiger partial charge < -0.3 is 24.3 Å². The molecule has 2 N–H and O–H groups in total. The Morgan fingerprint density at radius 1 is 0.881 bits per heavy atom. The molecule has 5 heterocycles. The highest BCUT2D eigenvalue weighted by molar-refractivity contribution is 6.01. The van der Waals surface area contributed by atoms with Gasteiger partial charge in [0.1, 0.15) is 23.3 Å². The Hall–Kier alpha value is -5.37. The third kappa shape index (κ3) is 8.15. The minimum absolute atomic E-state index is 0.0489. The van der Waals surface area contributed by atoms with Crippen molar-refractivity contribution in [1.82, 2.24) is 14.8 Å². The zero-order chi connectivity index (χ0) is 41.6. The van der Waals surface area contributed by atoms with E-state index in [0.29, 0.717) is 55.8 Å². The summed E-state index contributed by atoms with van der Waals surface area (Å²) in [4.78, 5) is 54.7. The molecule has 2 amide bonds. The van der Waals surface area contributed by atoms with Crippen LogP contribution in [-0.2, 0) is 34.2 Å². The third-order valence-electron chi connectivity index (χ3n) is 13.0. The smallest absolute Gasteiger partial charge is 0.418 e. The van der Waals surface area contributed by atoms with Gasteiger partial charge in [0, 0.05) is 86.0 Å². The number of alkyl halides is 3. The van der Waals surface area contributed by atoms with Crippen LogP contribution in [0.5, 0.6) is 11.5 Å². The number of hydrogen-bond acceptors (Lipinski definition) is 9. The third-order valence-corrected chi connectivity index (χ3v) is 13.0. The number of rotatable bonds is 11. The first-order valence-corrected chi connectivity index (χ1v) is 20.5. The van der Waals surface area contributed by atoms with E-state index in [-0.39, 0.29) is 59.5 Å². The first-order chi connectivity index (χ1) is 28.3. The number of nitrogens with one attached hydrogen (secondary N) is 2. The molecule has 2 bridgehead atoms. The first kappa shape index (κ1) is 40.4. The van der Waals surface area contributed by atoms with Crippen molar-refractivity contribution in [1.29, 1.82) is 0 Å². The van der Waals surface area contributed by atoms with Gasteiger partial charge in [-0.3, -0.25) is 29.4 Å². The molecule has 8 rings (SSSR count). The SMILES string of the molecule is COc1cc(-c2cn(C)c(=O)c3ccccc23)cc(OC)c1CN1C2CCC1CC(C(=O)CC1CCN(c3ccc(NC4CCC(=O)NC4=O)cc3C(F)(F)F)CC1)C2. The van der Waals surface area contributed by atoms with E-state index in [1.54, 1.807) is 36.8 Å². The van der Waals surface area contributed by atoms with Crippen LogP contribution in [0.1, 0.15) is 68.9 Å². The summed E-state index contributed by atoms with van der Waals surface area (Å²) in [5.41, 5.74) is 2.13. The van der Waals surface area contributed by atoms with Gasteiger partial charge in [0.2, 0.25) is 11.8 Å². The van der Waals surface area contributed by atoms with Crippen LogP contribution in [0.4, 0.5) is 24.5 Å². The van der Waals surface area contributed by atoms with E-state index in [0.717, 1.165) is 53.8 Å². The predicted octanol–water partition coefficient (Wildman–Crippen LogP) is 7.08. The molecule has 4 fully saturated rings. The second kappa shape index (κ2) is 16.4. The number of imide groups is 1. The maximum absolute atomic E-state index is 14.3. The van der Waals surface area contributed by atoms with Crippen LogP contribution in [0.2, 0.25) is 0 Å². The van der Waals surface area contributed by atoms with Crippen molar-refractivity contribution in [2.45, 2.75) is 88.6 Å². The molecule has 3 aromatic carbocycles. The number of pyridine rings is 1. The molecule has 4 aliphatic heterocycles. The molecule has 3 atom stereocenters. The van der Waals surface area contributed by atoms with Crippen LogP contribution in [0.15, 0.2) is 65.6 Å². The summed E-state index contributed by atoms with van der Waals surface area (Å²) < 4.78 is 56.6. The second-order valence-electron chi connectivity index (χ2n) is 16.6. The minimum atomic E-state index is -4.61. The number of aryl methyl sites for hydroxylation is 1. The highest BCUT2D eigenvalue weighted by atomic mass is 19.4. The number of benzene rings is 3. The average molecular weight is 814 g/mol. The fourth-order valence-electron chi connectivity index (χ4n) is 9.91. The number of fused-ring (bicyclic) bond motifs is 3. The van der Waals surface area contributed by atoms with E-state index in [1.165, 1.54) is 6.07 Å². The van der Waals surface area contributed by atoms with Gasteiger partial charge in [0.15, 0.2) is 0 Å². The van der Waals surface area contributed by atoms with Gasteiger partial charge in [-0.2, -0.15) is 13.2 Å². The number of hydrogen-bond donors (Lipinski definition) is 2. The molecule has 0 spiro atoms. The number of carbonyl (C=O) groups is 3. The topological polar surface area (TPSA) is 122 Å². The molecule has 0 radical (unpaired) electrons. The molecule has 312 valence electrons. The van der Waals surface area contributed by atoms with E-state index in [2.05, 4.69) is 15.5 Å². The molecule has 4 saturated heterocycles. The number of ketones is 1. The number of halogens is 3. The molecule has 1 aromatic heterocycles. The first-order valence-electron chi connectivity index (χ1n) is 20.5. The molecule has 59 heavy (non-hydrogen) atoms. The van der Waals surface area contributed by atoms with Gasteiger partial charge in [-0.05, 0) is 98.2 Å². The Labute approximate surface area is 340 Å². The van der Waals surface area contributed by atoms with E-state index >= 15 is 0 Å². The number of anilines is 2. The predicted molar refractivity (Wildman–Crippen MR) is 219 cm³/mol. The average Bonchev–Trinajstić information content (AvgIpc) is 3.44. The molecule has 11 nitrogen and oxygen atoms in total. The Balaban J connectivity index is 0.899. The Morgan fingerprint density at radius 3 is 2.17 bits per heavy atom. The molecule has 14 heteroatoms. The maximum Gasteiger partial charge on any atom is 0.418 e. The fourth-order valence-corrected chi connectivity index (χ4v) is 9.91. The van der Waals surface area contributed by atoms with Gasteiger partial charge in [-0.15, -0.1) is 0 Å². The van der Waals surface area contributed by atoms with E-state index in [9.17, 15) is 32.3 Å². The normalized spacial score (nSPS) is 22.7. The van der Waals surface area contributed by atoms with E-state index < -0.39 is 29.6 Å². The number of methoxy groups -OCH3 is 2. The maximum atomic E-state index is 14.3. The van der Waals surface area contributed by atoms with E-state index in [4.69, 9.17) is 9.47 Å². The molecular weight excluding hydrogens is 764 g/mol. The van der Waals surface area contributed by atoms with Gasteiger partial charge in [0.05, 0.1) is 25.3 Å². The molecule has 3 unspecified atom stereocenters. The van der Waals surface area contributed by atoms with Crippen molar-refractivity contribution >= 4 is 39.7 Å². The number of carbonyl (C=O) groups excluding carboxylic acids is 3. The summed E-state index contributed by atoms with van der Waals surface area (Å²) in [5.74, 6) is 0.761. The van der Waals surface area contributed by atoms with Crippen LogP contribution in [0.25, 0.3) is 21.9 Å². The zero-order valence-corrected chi connectivity index (χ0v) is 33.6. The van der Waals surface area contributed by atoms with Crippen molar-refractivity contribution in [2.24, 2.45) is 18.9 Å². The number of aromatic nitrogens is 1. The fraction of sp³-hybridized carbons (Fsp3) is 0.467. The van der Waals surface area contributed by atoms with Crippen LogP contribution in [0.3, 0.4) is 0 Å². The van der Waals surface area contributed by atoms with Gasteiger partial charge >= 0.3 is 6.18 Å². The highest BCUT2D eigenvalue weighted by Crippen LogP contribution is 2.45. The highest BCUT2D eigenvalue weighted by Gasteiger charge is 2.44. The quantitative estimate of drug-likeness (QED) is 0.153. The summed E-state index contributed by atoms with van der Waals surface area (Å²) in [7, 11) is 5.05. The van der Waals surface area contributed by atoms with Crippen molar-refractivity contribution < 1.29 is 37.0 Å². The standard InChI is InChI=1S/C45H50F3N5O6/c1-51-24-34(32-6-4-5-7-33(32)44(51)57)27-21-40(58-2)35(41(22-27)59-3)25-53-30-9-10-31(53)20-28(19-30)39(54)18-26-14-16-52(17-15-26)38-12-8-29(23-36(38)45(46,47)48)49-37-11-13-42(55)50-43(37)56/h4-8,12,21-24,26,28,30-31,37,49H,9-11,13-20,25H2,1-3H3,(H,50,55,56). The lowest BCUT2D eigenvalue weighted by Crippen LogP contribution is -2.47. The number of Topliss-reactive ketones (excluding diaryl/α,β-unsaturated/α-hetero) is 1. The van der Waals surface area contributed by atoms with Crippen molar-refractivity contribution in [2.75, 3.05) is 37.5 Å². The minimum Gasteiger partial charge on any atom is -0.496 e. The largest absolute Gasteiger partial charge is 0.496 e. The molecule has 4 aliphatic rings. The summed E-state index contributed by atoms with van der Waals surface area (Å²) in [6.45, 7) is 1.43. The van der Waals surface area contributed by atoms with E-state index in [1.807, 2.05) is 42.6 Å². The number of amides is 2. The van der Waals surface area contributed by atoms with Crippen molar-refractivity contribution in [3.05, 3.63) is 82.3 Å². The van der Waals surface area contributed by atoms with Gasteiger partial charge in [-0.25, -0.2) is 0 Å². The summed E-state index contributed by atoms with van der Waals surface area (Å²) in [6.07, 6.45) is 2.78. The lowest BCUT2D eigenvalue weighted by Gasteiger charge is -2.40. The zero-order valence-electron chi connectivity index (χ0n) is 33.6. The Morgan fingerprint density at radius 2 is 1.54 bits per heavy atom. The molecule has 0 aliphatic carbocycles. The molecule has 0 saturated carbocycles. The van der Waals surface area contributed by atoms with Gasteiger partial charge in [0.25, 0.3) is 5.56 Å². The monoisotopic (exact) mass is 813 g/mol. The lowest BCUT2D eigenvalue weighted by molar-refractivity contribution is -0.137. The number of ether oxygens (including phenoxy) is 2. The molecule has 4 aromatic rings. The second-order valence-corrected chi connectivity index (χ2v) is 16.6. The lowest BCUT2D eigenvalue weighted by atomic mass is 9.81. The summed E-state index contributed by atoms with van der Waals surface area (Å²) in [6, 6.07) is 15.3. The van der Waals surface area contributed by atoms with Crippen LogP contribution >= 0.6 is 0 Å². The number of nitrogens with zero attached hydrogens (tertiary/aromatic N) is 3. The Kier molecular flexibility index (Phi) is 11.2. The summed E-state index contributed by atoms with van der Waals surface area (Å²) in [5, 5.41) is 6.57. The molecular formula is C45H50F3N5O6. The van der Waals surface area contributed by atoms with Crippen LogP contribution in [-0.4, -0.2) is 72.5 Å². The number of piperidine rings is 3. The Bertz CT molecular complexity index is 2300.